The first kappa shape index (κ1) is 31.7. The summed E-state index contributed by atoms with van der Waals surface area (Å²) in [5, 5.41) is 0. The van der Waals surface area contributed by atoms with Gasteiger partial charge in [0.2, 0.25) is 0 Å². The van der Waals surface area contributed by atoms with Crippen LogP contribution in [0.25, 0.3) is 0 Å². The second-order valence-electron chi connectivity index (χ2n) is 9.93. The van der Waals surface area contributed by atoms with Crippen molar-refractivity contribution in [2.75, 3.05) is 64.9 Å². The smallest absolute Gasteiger partial charge is 0.128 e. The minimum absolute atomic E-state index is 0.333. The molecule has 0 N–H and O–H groups in total. The lowest BCUT2D eigenvalue weighted by molar-refractivity contribution is -0.964. The summed E-state index contributed by atoms with van der Waals surface area (Å²) in [6.45, 7) is 9.14. The number of hydrogen-bond acceptors (Lipinski definition) is 6. The second-order valence-corrected chi connectivity index (χ2v) is 13.0. The standard InChI is InChI=1S/C22H48N2O6S2/c1-5-7-9-11-15-23(3,17-13-21-31(25,26)27)19-20-24(4,16-12-10-8-6-2)18-14-22-32(28,29)30/h5-22H2,1-4H3. The minimum Gasteiger partial charge on any atom is -0.748 e. The molecule has 0 spiro atoms. The van der Waals surface area contributed by atoms with Gasteiger partial charge in [-0.1, -0.05) is 39.5 Å². The molecule has 0 bridgehead atoms. The molecular formula is C22H48N2O6S2. The molecule has 10 heteroatoms. The van der Waals surface area contributed by atoms with E-state index in [1.807, 2.05) is 0 Å². The van der Waals surface area contributed by atoms with E-state index >= 15 is 0 Å². The monoisotopic (exact) mass is 500 g/mol. The van der Waals surface area contributed by atoms with Crippen molar-refractivity contribution >= 4 is 20.2 Å². The van der Waals surface area contributed by atoms with Crippen molar-refractivity contribution in [1.29, 1.82) is 0 Å². The number of nitrogens with zero attached hydrogens (tertiary/aromatic N) is 2. The Labute approximate surface area is 198 Å². The van der Waals surface area contributed by atoms with Crippen LogP contribution in [0.3, 0.4) is 0 Å². The van der Waals surface area contributed by atoms with E-state index in [4.69, 9.17) is 0 Å². The zero-order valence-electron chi connectivity index (χ0n) is 20.9. The third-order valence-corrected chi connectivity index (χ3v) is 8.04. The highest BCUT2D eigenvalue weighted by Crippen LogP contribution is 2.15. The van der Waals surface area contributed by atoms with E-state index in [0.29, 0.717) is 34.9 Å². The maximum absolute atomic E-state index is 11.1. The minimum atomic E-state index is -4.21. The maximum atomic E-state index is 11.1. The first-order valence-corrected chi connectivity index (χ1v) is 15.4. The highest BCUT2D eigenvalue weighted by molar-refractivity contribution is 7.85. The highest BCUT2D eigenvalue weighted by atomic mass is 32.2. The van der Waals surface area contributed by atoms with Crippen LogP contribution < -0.4 is 0 Å². The lowest BCUT2D eigenvalue weighted by Crippen LogP contribution is -2.56. The van der Waals surface area contributed by atoms with Crippen molar-refractivity contribution in [3.63, 3.8) is 0 Å². The lowest BCUT2D eigenvalue weighted by Gasteiger charge is -2.40. The van der Waals surface area contributed by atoms with Crippen LogP contribution in [0, 0.1) is 0 Å². The summed E-state index contributed by atoms with van der Waals surface area (Å²) in [7, 11) is -4.16. The highest BCUT2D eigenvalue weighted by Gasteiger charge is 2.28. The quantitative estimate of drug-likeness (QED) is 0.136. The van der Waals surface area contributed by atoms with E-state index in [1.54, 1.807) is 0 Å². The molecule has 0 aliphatic carbocycles. The average molecular weight is 501 g/mol. The van der Waals surface area contributed by atoms with Gasteiger partial charge in [0.1, 0.15) is 13.1 Å². The summed E-state index contributed by atoms with van der Waals surface area (Å²) in [5.41, 5.74) is 0. The summed E-state index contributed by atoms with van der Waals surface area (Å²) >= 11 is 0. The summed E-state index contributed by atoms with van der Waals surface area (Å²) in [6.07, 6.45) is 9.72. The third kappa shape index (κ3) is 18.2. The predicted octanol–water partition coefficient (Wildman–Crippen LogP) is 2.91. The molecule has 194 valence electrons. The van der Waals surface area contributed by atoms with Crippen molar-refractivity contribution in [2.45, 2.75) is 78.1 Å². The van der Waals surface area contributed by atoms with Gasteiger partial charge in [-0.3, -0.25) is 0 Å². The molecule has 8 nitrogen and oxygen atoms in total. The van der Waals surface area contributed by atoms with Crippen molar-refractivity contribution in [3.8, 4) is 0 Å². The number of rotatable bonds is 21. The van der Waals surface area contributed by atoms with Crippen molar-refractivity contribution in [1.82, 2.24) is 0 Å². The summed E-state index contributed by atoms with van der Waals surface area (Å²) in [6, 6.07) is 0. The molecule has 2 atom stereocenters. The van der Waals surface area contributed by atoms with Crippen LogP contribution in [0.5, 0.6) is 0 Å². The average Bonchev–Trinajstić information content (AvgIpc) is 2.65. The van der Waals surface area contributed by atoms with Gasteiger partial charge >= 0.3 is 0 Å². The molecule has 0 fully saturated rings. The third-order valence-electron chi connectivity index (χ3n) is 6.47. The number of quaternary nitrogens is 2. The van der Waals surface area contributed by atoms with Crippen LogP contribution >= 0.6 is 0 Å². The van der Waals surface area contributed by atoms with E-state index in [2.05, 4.69) is 27.9 Å². The molecule has 2 unspecified atom stereocenters. The topological polar surface area (TPSA) is 114 Å². The molecule has 0 aliphatic rings. The Balaban J connectivity index is 5.14. The molecule has 0 heterocycles. The Morgan fingerprint density at radius 2 is 0.812 bits per heavy atom. The van der Waals surface area contributed by atoms with Gasteiger partial charge in [0.05, 0.1) is 60.5 Å². The normalized spacial score (nSPS) is 16.6. The van der Waals surface area contributed by atoms with Crippen LogP contribution in [-0.4, -0.2) is 99.8 Å². The van der Waals surface area contributed by atoms with E-state index in [0.717, 1.165) is 64.7 Å². The van der Waals surface area contributed by atoms with Crippen LogP contribution in [-0.2, 0) is 20.2 Å². The second kappa shape index (κ2) is 15.6. The van der Waals surface area contributed by atoms with E-state index in [-0.39, 0.29) is 11.5 Å². The fourth-order valence-electron chi connectivity index (χ4n) is 4.24. The largest absolute Gasteiger partial charge is 0.748 e. The van der Waals surface area contributed by atoms with Gasteiger partial charge in [-0.25, -0.2) is 16.8 Å². The molecule has 0 aromatic heterocycles. The number of unbranched alkanes of at least 4 members (excludes halogenated alkanes) is 6. The molecular weight excluding hydrogens is 452 g/mol. The zero-order chi connectivity index (χ0) is 24.7. The van der Waals surface area contributed by atoms with Crippen molar-refractivity contribution < 1.29 is 34.9 Å². The molecule has 0 saturated carbocycles. The van der Waals surface area contributed by atoms with Crippen LogP contribution in [0.4, 0.5) is 0 Å². The van der Waals surface area contributed by atoms with Gasteiger partial charge < -0.3 is 18.1 Å². The van der Waals surface area contributed by atoms with E-state index in [1.165, 1.54) is 12.8 Å². The maximum Gasteiger partial charge on any atom is 0.128 e. The Hall–Kier alpha value is -0.260. The summed E-state index contributed by atoms with van der Waals surface area (Å²) < 4.78 is 67.8. The van der Waals surface area contributed by atoms with Crippen LogP contribution in [0.1, 0.15) is 78.1 Å². The molecule has 32 heavy (non-hydrogen) atoms. The predicted molar refractivity (Wildman–Crippen MR) is 128 cm³/mol. The SMILES string of the molecule is CCCCCC[N+](C)(CCCS(=O)(=O)[O-])CC[N+](C)(CCCCCC)CCCS(=O)(=O)[O-]. The fraction of sp³-hybridized carbons (Fsp3) is 1.00. The van der Waals surface area contributed by atoms with Gasteiger partial charge in [-0.2, -0.15) is 0 Å². The summed E-state index contributed by atoms with van der Waals surface area (Å²) in [5.74, 6) is -0.666. The van der Waals surface area contributed by atoms with Gasteiger partial charge in [0, 0.05) is 24.3 Å². The molecule has 0 aliphatic heterocycles. The molecule has 0 aromatic carbocycles. The van der Waals surface area contributed by atoms with E-state index < -0.39 is 20.2 Å². The van der Waals surface area contributed by atoms with Crippen LogP contribution in [0.2, 0.25) is 0 Å². The molecule has 0 rings (SSSR count). The van der Waals surface area contributed by atoms with Crippen molar-refractivity contribution in [3.05, 3.63) is 0 Å². The van der Waals surface area contributed by atoms with Crippen molar-refractivity contribution in [2.24, 2.45) is 0 Å². The number of hydrogen-bond donors (Lipinski definition) is 0. The molecule has 0 radical (unpaired) electrons. The Morgan fingerprint density at radius 3 is 1.09 bits per heavy atom. The Morgan fingerprint density at radius 1 is 0.500 bits per heavy atom. The first-order valence-electron chi connectivity index (χ1n) is 12.3. The first-order chi connectivity index (χ1) is 14.7. The fourth-order valence-corrected chi connectivity index (χ4v) is 5.21. The molecule has 0 amide bonds. The lowest BCUT2D eigenvalue weighted by atomic mass is 10.1. The van der Waals surface area contributed by atoms with Gasteiger partial charge in [-0.15, -0.1) is 0 Å². The molecule has 0 aromatic rings. The zero-order valence-corrected chi connectivity index (χ0v) is 22.5. The Kier molecular flexibility index (Phi) is 15.5. The summed E-state index contributed by atoms with van der Waals surface area (Å²) in [4.78, 5) is 0. The van der Waals surface area contributed by atoms with Gasteiger partial charge in [0.25, 0.3) is 0 Å². The van der Waals surface area contributed by atoms with E-state index in [9.17, 15) is 25.9 Å². The molecule has 0 saturated heterocycles. The van der Waals surface area contributed by atoms with Crippen LogP contribution in [0.15, 0.2) is 0 Å². The van der Waals surface area contributed by atoms with Gasteiger partial charge in [-0.05, 0) is 25.7 Å². The number of likely N-dealkylation sites (N-methyl/N-ethyl adjacent to an activating group) is 2. The van der Waals surface area contributed by atoms with Gasteiger partial charge in [0.15, 0.2) is 0 Å². The Bertz CT molecular complexity index is 639.